The number of furan rings is 1. The summed E-state index contributed by atoms with van der Waals surface area (Å²) >= 11 is 0. The number of hydrogen-bond acceptors (Lipinski definition) is 4. The van der Waals surface area contributed by atoms with Crippen molar-refractivity contribution in [3.8, 4) is 0 Å². The summed E-state index contributed by atoms with van der Waals surface area (Å²) in [5, 5.41) is 2.81. The minimum absolute atomic E-state index is 0.0495. The molecule has 0 saturated heterocycles. The second kappa shape index (κ2) is 5.81. The summed E-state index contributed by atoms with van der Waals surface area (Å²) in [6.07, 6.45) is 2.29. The SMILES string of the molecule is CS(=O)(=O)Cc1ccc(C(=O)NC2CCc3c(F)cccc32)o1. The van der Waals surface area contributed by atoms with Crippen LogP contribution in [-0.4, -0.2) is 20.6 Å². The summed E-state index contributed by atoms with van der Waals surface area (Å²) in [6.45, 7) is 0. The van der Waals surface area contributed by atoms with Gasteiger partial charge >= 0.3 is 0 Å². The minimum Gasteiger partial charge on any atom is -0.455 e. The summed E-state index contributed by atoms with van der Waals surface area (Å²) in [4.78, 5) is 12.2. The van der Waals surface area contributed by atoms with Gasteiger partial charge in [-0.3, -0.25) is 4.79 Å². The normalized spacial score (nSPS) is 17.0. The van der Waals surface area contributed by atoms with Gasteiger partial charge in [-0.05, 0) is 42.2 Å². The predicted octanol–water partition coefficient (Wildman–Crippen LogP) is 2.38. The van der Waals surface area contributed by atoms with E-state index in [0.717, 1.165) is 11.8 Å². The van der Waals surface area contributed by atoms with E-state index in [-0.39, 0.29) is 29.1 Å². The fraction of sp³-hybridized carbons (Fsp3) is 0.312. The van der Waals surface area contributed by atoms with Crippen LogP contribution < -0.4 is 5.32 Å². The van der Waals surface area contributed by atoms with Crippen molar-refractivity contribution < 1.29 is 22.0 Å². The van der Waals surface area contributed by atoms with Crippen molar-refractivity contribution in [2.45, 2.75) is 24.6 Å². The van der Waals surface area contributed by atoms with E-state index in [4.69, 9.17) is 4.42 Å². The molecule has 0 saturated carbocycles. The Balaban J connectivity index is 1.73. The van der Waals surface area contributed by atoms with Crippen LogP contribution in [0.4, 0.5) is 4.39 Å². The smallest absolute Gasteiger partial charge is 0.287 e. The second-order valence-electron chi connectivity index (χ2n) is 5.71. The van der Waals surface area contributed by atoms with Crippen LogP contribution in [0.15, 0.2) is 34.7 Å². The third-order valence-corrected chi connectivity index (χ3v) is 4.62. The first-order valence-corrected chi connectivity index (χ1v) is 9.24. The molecule has 7 heteroatoms. The van der Waals surface area contributed by atoms with Crippen LogP contribution in [0, 0.1) is 5.82 Å². The van der Waals surface area contributed by atoms with Crippen LogP contribution in [0.2, 0.25) is 0 Å². The number of carbonyl (C=O) groups is 1. The number of nitrogens with one attached hydrogen (secondary N) is 1. The Morgan fingerprint density at radius 2 is 2.13 bits per heavy atom. The molecule has 1 unspecified atom stereocenters. The van der Waals surface area contributed by atoms with E-state index < -0.39 is 15.7 Å². The van der Waals surface area contributed by atoms with Gasteiger partial charge in [0.15, 0.2) is 15.6 Å². The third kappa shape index (κ3) is 3.44. The van der Waals surface area contributed by atoms with Gasteiger partial charge in [0.25, 0.3) is 5.91 Å². The molecular weight excluding hydrogens is 321 g/mol. The summed E-state index contributed by atoms with van der Waals surface area (Å²) in [7, 11) is -3.22. The Kier molecular flexibility index (Phi) is 3.97. The largest absolute Gasteiger partial charge is 0.455 e. The second-order valence-corrected chi connectivity index (χ2v) is 7.85. The minimum atomic E-state index is -3.22. The van der Waals surface area contributed by atoms with Crippen molar-refractivity contribution in [1.82, 2.24) is 5.32 Å². The van der Waals surface area contributed by atoms with Crippen LogP contribution in [-0.2, 0) is 22.0 Å². The first kappa shape index (κ1) is 15.7. The molecule has 1 aromatic heterocycles. The number of benzene rings is 1. The number of hydrogen-bond donors (Lipinski definition) is 1. The van der Waals surface area contributed by atoms with Crippen LogP contribution in [0.25, 0.3) is 0 Å². The molecule has 0 radical (unpaired) electrons. The van der Waals surface area contributed by atoms with Gasteiger partial charge in [-0.1, -0.05) is 12.1 Å². The molecule has 1 N–H and O–H groups in total. The first-order chi connectivity index (χ1) is 10.8. The van der Waals surface area contributed by atoms with Gasteiger partial charge in [0.1, 0.15) is 17.3 Å². The maximum atomic E-state index is 13.7. The highest BCUT2D eigenvalue weighted by molar-refractivity contribution is 7.89. The molecule has 0 bridgehead atoms. The number of halogens is 1. The third-order valence-electron chi connectivity index (χ3n) is 3.81. The molecule has 1 aliphatic carbocycles. The lowest BCUT2D eigenvalue weighted by Crippen LogP contribution is -2.26. The standard InChI is InChI=1S/C16H16FNO4S/c1-23(20,21)9-10-5-8-15(22-10)16(19)18-14-7-6-11-12(14)3-2-4-13(11)17/h2-5,8,14H,6-7,9H2,1H3,(H,18,19). The highest BCUT2D eigenvalue weighted by atomic mass is 32.2. The van der Waals surface area contributed by atoms with Crippen LogP contribution in [0.3, 0.4) is 0 Å². The van der Waals surface area contributed by atoms with E-state index in [0.29, 0.717) is 18.4 Å². The molecule has 5 nitrogen and oxygen atoms in total. The molecule has 0 spiro atoms. The van der Waals surface area contributed by atoms with Crippen molar-refractivity contribution in [2.75, 3.05) is 6.26 Å². The molecular formula is C16H16FNO4S. The molecule has 0 fully saturated rings. The average molecular weight is 337 g/mol. The highest BCUT2D eigenvalue weighted by Crippen LogP contribution is 2.32. The van der Waals surface area contributed by atoms with Gasteiger partial charge in [-0.2, -0.15) is 0 Å². The number of amides is 1. The van der Waals surface area contributed by atoms with Crippen molar-refractivity contribution >= 4 is 15.7 Å². The fourth-order valence-electron chi connectivity index (χ4n) is 2.82. The fourth-order valence-corrected chi connectivity index (χ4v) is 3.50. The van der Waals surface area contributed by atoms with Crippen LogP contribution in [0.5, 0.6) is 0 Å². The monoisotopic (exact) mass is 337 g/mol. The maximum absolute atomic E-state index is 13.7. The quantitative estimate of drug-likeness (QED) is 0.929. The van der Waals surface area contributed by atoms with Gasteiger partial charge in [0, 0.05) is 6.26 Å². The number of carbonyl (C=O) groups excluding carboxylic acids is 1. The molecule has 1 aliphatic rings. The Labute approximate surface area is 133 Å². The van der Waals surface area contributed by atoms with Crippen molar-refractivity contribution in [3.05, 3.63) is 58.8 Å². The number of rotatable bonds is 4. The van der Waals surface area contributed by atoms with E-state index in [1.54, 1.807) is 12.1 Å². The van der Waals surface area contributed by atoms with E-state index >= 15 is 0 Å². The van der Waals surface area contributed by atoms with Crippen molar-refractivity contribution in [3.63, 3.8) is 0 Å². The molecule has 1 atom stereocenters. The predicted molar refractivity (Wildman–Crippen MR) is 82.2 cm³/mol. The van der Waals surface area contributed by atoms with E-state index in [1.165, 1.54) is 18.2 Å². The van der Waals surface area contributed by atoms with E-state index in [1.807, 2.05) is 0 Å². The lowest BCUT2D eigenvalue weighted by atomic mass is 10.1. The average Bonchev–Trinajstić information content (AvgIpc) is 3.05. The van der Waals surface area contributed by atoms with Crippen molar-refractivity contribution in [1.29, 1.82) is 0 Å². The lowest BCUT2D eigenvalue weighted by Gasteiger charge is -2.13. The van der Waals surface area contributed by atoms with E-state index in [9.17, 15) is 17.6 Å². The molecule has 122 valence electrons. The highest BCUT2D eigenvalue weighted by Gasteiger charge is 2.27. The molecule has 1 amide bonds. The Morgan fingerprint density at radius 1 is 1.35 bits per heavy atom. The van der Waals surface area contributed by atoms with Gasteiger partial charge in [0.05, 0.1) is 6.04 Å². The van der Waals surface area contributed by atoms with Crippen LogP contribution >= 0.6 is 0 Å². The molecule has 1 heterocycles. The van der Waals surface area contributed by atoms with E-state index in [2.05, 4.69) is 5.32 Å². The lowest BCUT2D eigenvalue weighted by molar-refractivity contribution is 0.0907. The summed E-state index contributed by atoms with van der Waals surface area (Å²) in [5.74, 6) is -0.679. The molecule has 0 aliphatic heterocycles. The summed E-state index contributed by atoms with van der Waals surface area (Å²) in [5.41, 5.74) is 1.41. The Morgan fingerprint density at radius 3 is 2.87 bits per heavy atom. The Hall–Kier alpha value is -2.15. The van der Waals surface area contributed by atoms with Gasteiger partial charge in [-0.15, -0.1) is 0 Å². The number of fused-ring (bicyclic) bond motifs is 1. The molecule has 1 aromatic carbocycles. The van der Waals surface area contributed by atoms with Crippen LogP contribution in [0.1, 0.15) is 39.9 Å². The van der Waals surface area contributed by atoms with Gasteiger partial charge in [0.2, 0.25) is 0 Å². The Bertz CT molecular complexity index is 857. The zero-order valence-corrected chi connectivity index (χ0v) is 13.3. The maximum Gasteiger partial charge on any atom is 0.287 e. The molecule has 2 aromatic rings. The zero-order chi connectivity index (χ0) is 16.6. The van der Waals surface area contributed by atoms with Gasteiger partial charge < -0.3 is 9.73 Å². The summed E-state index contributed by atoms with van der Waals surface area (Å²) in [6, 6.07) is 7.47. The summed E-state index contributed by atoms with van der Waals surface area (Å²) < 4.78 is 41.4. The molecule has 23 heavy (non-hydrogen) atoms. The first-order valence-electron chi connectivity index (χ1n) is 7.18. The topological polar surface area (TPSA) is 76.4 Å². The number of sulfone groups is 1. The molecule has 3 rings (SSSR count). The zero-order valence-electron chi connectivity index (χ0n) is 12.5. The van der Waals surface area contributed by atoms with Gasteiger partial charge in [-0.25, -0.2) is 12.8 Å². The van der Waals surface area contributed by atoms with Crippen molar-refractivity contribution in [2.24, 2.45) is 0 Å².